The Morgan fingerprint density at radius 2 is 1.79 bits per heavy atom. The highest BCUT2D eigenvalue weighted by atomic mass is 16.5. The molecule has 0 atom stereocenters. The van der Waals surface area contributed by atoms with Gasteiger partial charge < -0.3 is 25.2 Å². The number of anilines is 5. The molecule has 1 saturated heterocycles. The van der Waals surface area contributed by atoms with E-state index in [-0.39, 0.29) is 0 Å². The minimum absolute atomic E-state index is 0.516. The zero-order valence-corrected chi connectivity index (χ0v) is 19.8. The summed E-state index contributed by atoms with van der Waals surface area (Å²) in [6.45, 7) is 9.42. The van der Waals surface area contributed by atoms with Gasteiger partial charge in [-0.05, 0) is 43.8 Å². The number of ether oxygens (including phenoxy) is 1. The van der Waals surface area contributed by atoms with Crippen LogP contribution in [0.25, 0.3) is 10.9 Å². The van der Waals surface area contributed by atoms with E-state index in [0.717, 1.165) is 77.8 Å². The predicted molar refractivity (Wildman–Crippen MR) is 137 cm³/mol. The average Bonchev–Trinajstić information content (AvgIpc) is 3.34. The molecule has 0 spiro atoms. The first-order chi connectivity index (χ1) is 16.6. The normalized spacial score (nSPS) is 14.4. The smallest absolute Gasteiger partial charge is 0.229 e. The van der Waals surface area contributed by atoms with Crippen molar-refractivity contribution in [2.75, 3.05) is 55.4 Å². The maximum absolute atomic E-state index is 5.72. The SMILES string of the molecule is CCN1CCN(c2ccc(Nc3ncc(C)c(Nc4ccc5cn[nH]c5c4)n3)cc2OC)CC1. The molecule has 0 amide bonds. The summed E-state index contributed by atoms with van der Waals surface area (Å²) in [6, 6.07) is 12.2. The molecule has 5 rings (SSSR count). The zero-order chi connectivity index (χ0) is 23.5. The lowest BCUT2D eigenvalue weighted by molar-refractivity contribution is 0.270. The Hall–Kier alpha value is -3.85. The van der Waals surface area contributed by atoms with Gasteiger partial charge in [0, 0.05) is 60.8 Å². The number of fused-ring (bicyclic) bond motifs is 1. The van der Waals surface area contributed by atoms with E-state index in [0.29, 0.717) is 5.95 Å². The third-order valence-corrected chi connectivity index (χ3v) is 6.27. The van der Waals surface area contributed by atoms with Crippen LogP contribution in [-0.2, 0) is 0 Å². The molecule has 0 saturated carbocycles. The van der Waals surface area contributed by atoms with Gasteiger partial charge in [0.25, 0.3) is 0 Å². The highest BCUT2D eigenvalue weighted by Crippen LogP contribution is 2.33. The van der Waals surface area contributed by atoms with Gasteiger partial charge >= 0.3 is 0 Å². The van der Waals surface area contributed by atoms with Gasteiger partial charge in [-0.15, -0.1) is 0 Å². The lowest BCUT2D eigenvalue weighted by Crippen LogP contribution is -2.46. The van der Waals surface area contributed by atoms with Crippen LogP contribution in [0.2, 0.25) is 0 Å². The molecular formula is C25H30N8O. The summed E-state index contributed by atoms with van der Waals surface area (Å²) in [5.41, 5.74) is 4.85. The molecule has 3 N–H and O–H groups in total. The Labute approximate surface area is 199 Å². The molecule has 0 aliphatic carbocycles. The minimum Gasteiger partial charge on any atom is -0.495 e. The van der Waals surface area contributed by atoms with Gasteiger partial charge in [-0.3, -0.25) is 5.10 Å². The number of aromatic nitrogens is 4. The number of methoxy groups -OCH3 is 1. The number of benzene rings is 2. The second kappa shape index (κ2) is 9.56. The maximum atomic E-state index is 5.72. The van der Waals surface area contributed by atoms with Gasteiger partial charge in [-0.25, -0.2) is 4.98 Å². The van der Waals surface area contributed by atoms with Crippen LogP contribution in [-0.4, -0.2) is 64.9 Å². The predicted octanol–water partition coefficient (Wildman–Crippen LogP) is 4.30. The summed E-state index contributed by atoms with van der Waals surface area (Å²) in [5, 5.41) is 14.9. The number of hydrogen-bond acceptors (Lipinski definition) is 8. The number of likely N-dealkylation sites (N-methyl/N-ethyl adjacent to an activating group) is 1. The van der Waals surface area contributed by atoms with Gasteiger partial charge in [0.05, 0.1) is 24.5 Å². The monoisotopic (exact) mass is 458 g/mol. The number of aromatic amines is 1. The zero-order valence-electron chi connectivity index (χ0n) is 19.8. The molecule has 9 heteroatoms. The molecular weight excluding hydrogens is 428 g/mol. The lowest BCUT2D eigenvalue weighted by Gasteiger charge is -2.36. The number of nitrogens with zero attached hydrogens (tertiary/aromatic N) is 5. The van der Waals surface area contributed by atoms with E-state index in [4.69, 9.17) is 9.72 Å². The number of aryl methyl sites for hydroxylation is 1. The molecule has 34 heavy (non-hydrogen) atoms. The Balaban J connectivity index is 1.32. The molecule has 4 aromatic rings. The standard InChI is InChI=1S/C25H30N8O/c1-4-32-9-11-33(12-10-32)22-8-7-20(14-23(22)34-3)29-25-26-15-17(2)24(30-25)28-19-6-5-18-16-27-31-21(18)13-19/h5-8,13-16H,4,9-12H2,1-3H3,(H,27,31)(H2,26,28,29,30). The van der Waals surface area contributed by atoms with Gasteiger partial charge in [0.2, 0.25) is 5.95 Å². The van der Waals surface area contributed by atoms with E-state index in [1.807, 2.05) is 49.6 Å². The fraction of sp³-hybridized carbons (Fsp3) is 0.320. The van der Waals surface area contributed by atoms with Crippen LogP contribution < -0.4 is 20.3 Å². The average molecular weight is 459 g/mol. The fourth-order valence-corrected chi connectivity index (χ4v) is 4.23. The van der Waals surface area contributed by atoms with E-state index in [2.05, 4.69) is 48.6 Å². The number of hydrogen-bond donors (Lipinski definition) is 3. The van der Waals surface area contributed by atoms with Crippen LogP contribution in [0, 0.1) is 6.92 Å². The summed E-state index contributed by atoms with van der Waals surface area (Å²) < 4.78 is 5.72. The van der Waals surface area contributed by atoms with E-state index in [1.54, 1.807) is 7.11 Å². The molecule has 3 heterocycles. The van der Waals surface area contributed by atoms with Crippen LogP contribution >= 0.6 is 0 Å². The maximum Gasteiger partial charge on any atom is 0.229 e. The Bertz CT molecular complexity index is 1280. The second-order valence-corrected chi connectivity index (χ2v) is 8.46. The third-order valence-electron chi connectivity index (χ3n) is 6.27. The first-order valence-corrected chi connectivity index (χ1v) is 11.6. The third kappa shape index (κ3) is 4.60. The van der Waals surface area contributed by atoms with E-state index < -0.39 is 0 Å². The molecule has 1 aliphatic heterocycles. The van der Waals surface area contributed by atoms with Gasteiger partial charge in [-0.1, -0.05) is 6.92 Å². The summed E-state index contributed by atoms with van der Waals surface area (Å²) in [5.74, 6) is 2.10. The lowest BCUT2D eigenvalue weighted by atomic mass is 10.2. The van der Waals surface area contributed by atoms with E-state index >= 15 is 0 Å². The summed E-state index contributed by atoms with van der Waals surface area (Å²) in [7, 11) is 1.71. The molecule has 2 aromatic heterocycles. The minimum atomic E-state index is 0.516. The van der Waals surface area contributed by atoms with E-state index in [9.17, 15) is 0 Å². The first kappa shape index (κ1) is 22.0. The summed E-state index contributed by atoms with van der Waals surface area (Å²) in [4.78, 5) is 14.0. The fourth-order valence-electron chi connectivity index (χ4n) is 4.23. The molecule has 2 aromatic carbocycles. The van der Waals surface area contributed by atoms with Crippen molar-refractivity contribution in [2.45, 2.75) is 13.8 Å². The van der Waals surface area contributed by atoms with Crippen molar-refractivity contribution in [2.24, 2.45) is 0 Å². The molecule has 176 valence electrons. The number of rotatable bonds is 7. The van der Waals surface area contributed by atoms with Gasteiger partial charge in [0.1, 0.15) is 11.6 Å². The summed E-state index contributed by atoms with van der Waals surface area (Å²) in [6.07, 6.45) is 3.62. The summed E-state index contributed by atoms with van der Waals surface area (Å²) >= 11 is 0. The topological polar surface area (TPSA) is 94.2 Å². The molecule has 1 aliphatic rings. The van der Waals surface area contributed by atoms with Crippen molar-refractivity contribution in [1.82, 2.24) is 25.1 Å². The number of H-pyrrole nitrogens is 1. The highest BCUT2D eigenvalue weighted by molar-refractivity contribution is 5.82. The van der Waals surface area contributed by atoms with Gasteiger partial charge in [0.15, 0.2) is 0 Å². The Morgan fingerprint density at radius 3 is 2.59 bits per heavy atom. The van der Waals surface area contributed by atoms with Crippen molar-refractivity contribution in [3.8, 4) is 5.75 Å². The number of piperazine rings is 1. The molecule has 9 nitrogen and oxygen atoms in total. The van der Waals surface area contributed by atoms with Crippen LogP contribution in [0.1, 0.15) is 12.5 Å². The van der Waals surface area contributed by atoms with Crippen molar-refractivity contribution in [3.63, 3.8) is 0 Å². The van der Waals surface area contributed by atoms with E-state index in [1.165, 1.54) is 0 Å². The molecule has 1 fully saturated rings. The van der Waals surface area contributed by atoms with Crippen molar-refractivity contribution < 1.29 is 4.74 Å². The molecule has 0 unspecified atom stereocenters. The quantitative estimate of drug-likeness (QED) is 0.377. The van der Waals surface area contributed by atoms with Crippen molar-refractivity contribution >= 4 is 39.7 Å². The van der Waals surface area contributed by atoms with Crippen LogP contribution in [0.5, 0.6) is 5.75 Å². The van der Waals surface area contributed by atoms with Gasteiger partial charge in [-0.2, -0.15) is 10.1 Å². The Kier molecular flexibility index (Phi) is 6.18. The van der Waals surface area contributed by atoms with Crippen LogP contribution in [0.15, 0.2) is 48.8 Å². The largest absolute Gasteiger partial charge is 0.495 e. The number of nitrogens with one attached hydrogen (secondary N) is 3. The molecule has 0 radical (unpaired) electrons. The van der Waals surface area contributed by atoms with Crippen molar-refractivity contribution in [3.05, 3.63) is 54.4 Å². The Morgan fingerprint density at radius 1 is 1.00 bits per heavy atom. The first-order valence-electron chi connectivity index (χ1n) is 11.6. The van der Waals surface area contributed by atoms with Crippen molar-refractivity contribution in [1.29, 1.82) is 0 Å². The highest BCUT2D eigenvalue weighted by Gasteiger charge is 2.19. The molecule has 0 bridgehead atoms. The van der Waals surface area contributed by atoms with Crippen LogP contribution in [0.3, 0.4) is 0 Å². The van der Waals surface area contributed by atoms with Crippen LogP contribution in [0.4, 0.5) is 28.8 Å². The second-order valence-electron chi connectivity index (χ2n) is 8.46.